The van der Waals surface area contributed by atoms with Crippen LogP contribution in [0.5, 0.6) is 0 Å². The van der Waals surface area contributed by atoms with Gasteiger partial charge in [0.15, 0.2) is 12.2 Å². The van der Waals surface area contributed by atoms with Crippen molar-refractivity contribution in [2.45, 2.75) is 407 Å². The number of carbonyl (C=O) groups excluding carboxylic acids is 4. The number of esters is 4. The van der Waals surface area contributed by atoms with Gasteiger partial charge in [0.1, 0.15) is 19.3 Å². The molecule has 0 bridgehead atoms. The van der Waals surface area contributed by atoms with Crippen LogP contribution in [-0.4, -0.2) is 96.7 Å². The van der Waals surface area contributed by atoms with Gasteiger partial charge in [-0.25, -0.2) is 9.13 Å². The molecule has 6 atom stereocenters. The zero-order valence-corrected chi connectivity index (χ0v) is 63.9. The van der Waals surface area contributed by atoms with Crippen LogP contribution in [0.25, 0.3) is 0 Å². The van der Waals surface area contributed by atoms with Crippen LogP contribution < -0.4 is 0 Å². The quantitative estimate of drug-likeness (QED) is 0.0222. The van der Waals surface area contributed by atoms with Crippen LogP contribution in [0.15, 0.2) is 0 Å². The predicted molar refractivity (Wildman–Crippen MR) is 386 cm³/mol. The SMILES string of the molecule is CCCCCCCCCCCCCCCCCCCC(=O)OC[C@H](COP(=O)(O)OC[C@@H](O)COP(=O)(O)OC[C@@H](COC(=O)CCCCCCCCC(C)C)OC(=O)CCCCCCCCCCC(C)CC)OC(=O)CCCCCCCCCCCCCCCCC(C)C. The third kappa shape index (κ3) is 69.0. The third-order valence-corrected chi connectivity index (χ3v) is 19.9. The molecule has 19 heteroatoms. The Hall–Kier alpha value is -1.94. The van der Waals surface area contributed by atoms with Crippen LogP contribution in [0, 0.1) is 17.8 Å². The van der Waals surface area contributed by atoms with Crippen molar-refractivity contribution in [3.63, 3.8) is 0 Å². The molecule has 0 spiro atoms. The van der Waals surface area contributed by atoms with Gasteiger partial charge in [-0.1, -0.05) is 337 Å². The minimum Gasteiger partial charge on any atom is -0.462 e. The third-order valence-electron chi connectivity index (χ3n) is 18.0. The number of hydrogen-bond acceptors (Lipinski definition) is 15. The van der Waals surface area contributed by atoms with Crippen LogP contribution in [0.1, 0.15) is 389 Å². The van der Waals surface area contributed by atoms with Gasteiger partial charge in [-0.3, -0.25) is 37.3 Å². The highest BCUT2D eigenvalue weighted by Gasteiger charge is 2.30. The summed E-state index contributed by atoms with van der Waals surface area (Å²) in [6.07, 6.45) is 52.9. The molecule has 0 radical (unpaired) electrons. The molecule has 0 saturated carbocycles. The summed E-state index contributed by atoms with van der Waals surface area (Å²) in [5.74, 6) is 0.123. The van der Waals surface area contributed by atoms with E-state index in [4.69, 9.17) is 37.0 Å². The van der Waals surface area contributed by atoms with Crippen LogP contribution in [0.4, 0.5) is 0 Å². The molecule has 3 N–H and O–H groups in total. The largest absolute Gasteiger partial charge is 0.472 e. The van der Waals surface area contributed by atoms with Crippen molar-refractivity contribution in [2.75, 3.05) is 39.6 Å². The highest BCUT2D eigenvalue weighted by molar-refractivity contribution is 7.47. The van der Waals surface area contributed by atoms with Gasteiger partial charge in [0.2, 0.25) is 0 Å². The normalized spacial score (nSPS) is 14.4. The van der Waals surface area contributed by atoms with Crippen LogP contribution in [0.3, 0.4) is 0 Å². The first-order valence-electron chi connectivity index (χ1n) is 39.4. The first kappa shape index (κ1) is 93.1. The smallest absolute Gasteiger partial charge is 0.462 e. The zero-order valence-electron chi connectivity index (χ0n) is 62.1. The number of carbonyl (C=O) groups is 4. The summed E-state index contributed by atoms with van der Waals surface area (Å²) in [5, 5.41) is 10.6. The number of ether oxygens (including phenoxy) is 4. The van der Waals surface area contributed by atoms with Crippen molar-refractivity contribution in [3.8, 4) is 0 Å². The molecule has 95 heavy (non-hydrogen) atoms. The van der Waals surface area contributed by atoms with Gasteiger partial charge in [0.25, 0.3) is 0 Å². The topological polar surface area (TPSA) is 237 Å². The van der Waals surface area contributed by atoms with Gasteiger partial charge < -0.3 is 33.8 Å². The number of aliphatic hydroxyl groups is 1. The van der Waals surface area contributed by atoms with Gasteiger partial charge in [-0.05, 0) is 43.4 Å². The summed E-state index contributed by atoms with van der Waals surface area (Å²) in [7, 11) is -9.91. The summed E-state index contributed by atoms with van der Waals surface area (Å²) in [4.78, 5) is 72.8. The van der Waals surface area contributed by atoms with Crippen molar-refractivity contribution in [1.82, 2.24) is 0 Å². The number of phosphoric ester groups is 2. The molecule has 0 amide bonds. The summed E-state index contributed by atoms with van der Waals surface area (Å²) >= 11 is 0. The lowest BCUT2D eigenvalue weighted by Gasteiger charge is -2.21. The second kappa shape index (κ2) is 66.6. The second-order valence-corrected chi connectivity index (χ2v) is 31.5. The fraction of sp³-hybridized carbons (Fsp3) is 0.947. The monoisotopic (exact) mass is 1400 g/mol. The average Bonchev–Trinajstić information content (AvgIpc) is 1.39. The molecule has 0 fully saturated rings. The fourth-order valence-electron chi connectivity index (χ4n) is 11.6. The molecule has 0 heterocycles. The van der Waals surface area contributed by atoms with E-state index in [1.807, 2.05) is 0 Å². The van der Waals surface area contributed by atoms with Crippen LogP contribution in [0.2, 0.25) is 0 Å². The molecular formula is C76H148O17P2. The summed E-state index contributed by atoms with van der Waals surface area (Å²) < 4.78 is 68.5. The maximum atomic E-state index is 13.1. The Balaban J connectivity index is 5.23. The van der Waals surface area contributed by atoms with Crippen molar-refractivity contribution in [1.29, 1.82) is 0 Å². The Bertz CT molecular complexity index is 1850. The van der Waals surface area contributed by atoms with E-state index in [-0.39, 0.29) is 25.7 Å². The molecule has 564 valence electrons. The number of aliphatic hydroxyl groups excluding tert-OH is 1. The van der Waals surface area contributed by atoms with Crippen molar-refractivity contribution in [3.05, 3.63) is 0 Å². The Labute approximate surface area is 581 Å². The van der Waals surface area contributed by atoms with E-state index in [1.54, 1.807) is 0 Å². The first-order chi connectivity index (χ1) is 45.8. The molecule has 0 aromatic rings. The van der Waals surface area contributed by atoms with Crippen LogP contribution in [-0.2, 0) is 65.4 Å². The van der Waals surface area contributed by atoms with E-state index in [0.29, 0.717) is 31.6 Å². The summed E-state index contributed by atoms with van der Waals surface area (Å²) in [6.45, 7) is 11.8. The van der Waals surface area contributed by atoms with Gasteiger partial charge >= 0.3 is 39.5 Å². The molecule has 0 aromatic heterocycles. The molecule has 0 rings (SSSR count). The lowest BCUT2D eigenvalue weighted by molar-refractivity contribution is -0.161. The molecule has 0 saturated heterocycles. The van der Waals surface area contributed by atoms with Gasteiger partial charge in [-0.15, -0.1) is 0 Å². The minimum atomic E-state index is -4.96. The molecule has 0 aliphatic carbocycles. The van der Waals surface area contributed by atoms with Crippen molar-refractivity contribution in [2.24, 2.45) is 17.8 Å². The molecule has 17 nitrogen and oxygen atoms in total. The highest BCUT2D eigenvalue weighted by atomic mass is 31.2. The van der Waals surface area contributed by atoms with E-state index in [0.717, 1.165) is 108 Å². The first-order valence-corrected chi connectivity index (χ1v) is 42.4. The molecule has 3 unspecified atom stereocenters. The maximum Gasteiger partial charge on any atom is 0.472 e. The summed E-state index contributed by atoms with van der Waals surface area (Å²) in [6, 6.07) is 0. The fourth-order valence-corrected chi connectivity index (χ4v) is 13.1. The lowest BCUT2D eigenvalue weighted by atomic mass is 9.99. The number of unbranched alkanes of at least 4 members (excludes halogenated alkanes) is 41. The Kier molecular flexibility index (Phi) is 65.2. The minimum absolute atomic E-state index is 0.104. The Morgan fingerprint density at radius 3 is 0.800 bits per heavy atom. The van der Waals surface area contributed by atoms with Crippen molar-refractivity contribution < 1.29 is 80.2 Å². The highest BCUT2D eigenvalue weighted by Crippen LogP contribution is 2.45. The number of hydrogen-bond donors (Lipinski definition) is 3. The molecular weight excluding hydrogens is 1250 g/mol. The van der Waals surface area contributed by atoms with E-state index in [9.17, 15) is 43.2 Å². The standard InChI is InChI=1S/C76H148O17P2/c1-8-10-11-12-13-14-15-16-17-18-19-23-26-29-35-43-50-57-73(78)86-63-71(92-75(80)59-52-45-36-30-27-24-21-20-22-25-28-33-40-47-54-67(3)4)65-90-94(82,83)88-61-70(77)62-89-95(84,85)91-66-72(64-87-74(79)58-51-44-39-38-41-48-55-68(5)6)93-76(81)60-53-46-37-32-31-34-42-49-56-69(7)9-2/h67-72,77H,8-66H2,1-7H3,(H,82,83)(H,84,85)/t69?,70-,71-,72-/m1/s1. The molecule has 0 aromatic carbocycles. The van der Waals surface area contributed by atoms with Crippen molar-refractivity contribution >= 4 is 39.5 Å². The Morgan fingerprint density at radius 2 is 0.537 bits per heavy atom. The maximum absolute atomic E-state index is 13.1. The predicted octanol–water partition coefficient (Wildman–Crippen LogP) is 22.2. The van der Waals surface area contributed by atoms with E-state index in [1.165, 1.54) is 193 Å². The zero-order chi connectivity index (χ0) is 70.1. The van der Waals surface area contributed by atoms with Gasteiger partial charge in [-0.2, -0.15) is 0 Å². The van der Waals surface area contributed by atoms with E-state index in [2.05, 4.69) is 48.5 Å². The lowest BCUT2D eigenvalue weighted by Crippen LogP contribution is -2.30. The number of rotatable bonds is 74. The Morgan fingerprint density at radius 1 is 0.305 bits per heavy atom. The molecule has 0 aliphatic rings. The van der Waals surface area contributed by atoms with Gasteiger partial charge in [0, 0.05) is 25.7 Å². The van der Waals surface area contributed by atoms with Crippen LogP contribution >= 0.6 is 15.6 Å². The van der Waals surface area contributed by atoms with E-state index >= 15 is 0 Å². The molecule has 0 aliphatic heterocycles. The average molecular weight is 1400 g/mol. The second-order valence-electron chi connectivity index (χ2n) is 28.6. The summed E-state index contributed by atoms with van der Waals surface area (Å²) in [5.41, 5.74) is 0. The van der Waals surface area contributed by atoms with Gasteiger partial charge in [0.05, 0.1) is 26.4 Å². The number of phosphoric acid groups is 2. The van der Waals surface area contributed by atoms with E-state index < -0.39 is 97.5 Å².